The first-order chi connectivity index (χ1) is 8.40. The molecule has 5 heteroatoms. The van der Waals surface area contributed by atoms with E-state index >= 15 is 0 Å². The van der Waals surface area contributed by atoms with Crippen molar-refractivity contribution in [1.82, 2.24) is 10.2 Å². The second-order valence-electron chi connectivity index (χ2n) is 5.65. The van der Waals surface area contributed by atoms with Gasteiger partial charge in [0.05, 0.1) is 6.10 Å². The zero-order chi connectivity index (χ0) is 13.5. The predicted octanol–water partition coefficient (Wildman–Crippen LogP) is 0.537. The molecule has 1 saturated heterocycles. The minimum atomic E-state index is -0.711. The Hall–Kier alpha value is -1.10. The molecular formula is C13H22N2O3. The van der Waals surface area contributed by atoms with E-state index in [1.54, 1.807) is 18.9 Å². The van der Waals surface area contributed by atoms with Crippen molar-refractivity contribution >= 4 is 11.8 Å². The van der Waals surface area contributed by atoms with Gasteiger partial charge in [-0.25, -0.2) is 0 Å². The summed E-state index contributed by atoms with van der Waals surface area (Å²) >= 11 is 0. The molecule has 2 rings (SSSR count). The van der Waals surface area contributed by atoms with Crippen molar-refractivity contribution in [3.63, 3.8) is 0 Å². The lowest BCUT2D eigenvalue weighted by molar-refractivity contribution is -0.156. The first kappa shape index (κ1) is 13.3. The fourth-order valence-corrected chi connectivity index (χ4v) is 2.56. The smallest absolute Gasteiger partial charge is 0.249 e. The quantitative estimate of drug-likeness (QED) is 0.796. The van der Waals surface area contributed by atoms with Crippen LogP contribution in [0.5, 0.6) is 0 Å². The van der Waals surface area contributed by atoms with E-state index in [1.165, 1.54) is 0 Å². The lowest BCUT2D eigenvalue weighted by atomic mass is 9.89. The number of hydrogen-bond acceptors (Lipinski definition) is 3. The van der Waals surface area contributed by atoms with Crippen molar-refractivity contribution in [2.24, 2.45) is 5.92 Å². The van der Waals surface area contributed by atoms with Crippen LogP contribution in [-0.4, -0.2) is 48.1 Å². The average Bonchev–Trinajstić information content (AvgIpc) is 3.16. The van der Waals surface area contributed by atoms with Crippen molar-refractivity contribution in [2.75, 3.05) is 13.7 Å². The van der Waals surface area contributed by atoms with Crippen LogP contribution in [-0.2, 0) is 14.3 Å². The first-order valence-corrected chi connectivity index (χ1v) is 6.56. The Balaban J connectivity index is 2.20. The molecule has 0 bridgehead atoms. The summed E-state index contributed by atoms with van der Waals surface area (Å²) in [5, 5.41) is 2.90. The largest absolute Gasteiger partial charge is 0.380 e. The molecule has 3 unspecified atom stereocenters. The Kier molecular flexibility index (Phi) is 3.36. The molecule has 5 nitrogen and oxygen atoms in total. The Morgan fingerprint density at radius 3 is 2.61 bits per heavy atom. The number of hydrogen-bond donors (Lipinski definition) is 1. The zero-order valence-corrected chi connectivity index (χ0v) is 11.5. The minimum absolute atomic E-state index is 0.0287. The highest BCUT2D eigenvalue weighted by atomic mass is 16.5. The fraction of sp³-hybridized carbons (Fsp3) is 0.846. The second-order valence-corrected chi connectivity index (χ2v) is 5.65. The number of ether oxygens (including phenoxy) is 1. The van der Waals surface area contributed by atoms with Crippen LogP contribution >= 0.6 is 0 Å². The third kappa shape index (κ3) is 2.11. The third-order valence-corrected chi connectivity index (χ3v) is 4.18. The molecule has 18 heavy (non-hydrogen) atoms. The number of rotatable bonds is 4. The summed E-state index contributed by atoms with van der Waals surface area (Å²) in [6.45, 7) is 5.98. The van der Waals surface area contributed by atoms with Gasteiger partial charge in [-0.3, -0.25) is 9.59 Å². The molecule has 0 aromatic carbocycles. The molecule has 1 aliphatic carbocycles. The summed E-state index contributed by atoms with van der Waals surface area (Å²) in [6.07, 6.45) is 1.97. The molecule has 1 N–H and O–H groups in total. The molecule has 102 valence electrons. The molecule has 3 atom stereocenters. The molecule has 0 aromatic heterocycles. The Morgan fingerprint density at radius 2 is 2.11 bits per heavy atom. The van der Waals surface area contributed by atoms with Gasteiger partial charge in [0.1, 0.15) is 11.6 Å². The standard InChI is InChI=1S/C13H22N2O3/c1-8(18-4)7-15-9(2)11(16)14-13(3,12(15)17)10-5-6-10/h8-10H,5-7H2,1-4H3,(H,14,16). The normalized spacial score (nSPS) is 34.4. The van der Waals surface area contributed by atoms with Crippen LogP contribution in [0.25, 0.3) is 0 Å². The van der Waals surface area contributed by atoms with E-state index in [0.717, 1.165) is 12.8 Å². The number of piperazine rings is 1. The maximum atomic E-state index is 12.6. The maximum Gasteiger partial charge on any atom is 0.249 e. The van der Waals surface area contributed by atoms with Crippen LogP contribution in [0.2, 0.25) is 0 Å². The van der Waals surface area contributed by atoms with Crippen LogP contribution < -0.4 is 5.32 Å². The molecule has 1 aliphatic heterocycles. The van der Waals surface area contributed by atoms with E-state index in [0.29, 0.717) is 12.5 Å². The van der Waals surface area contributed by atoms with E-state index in [1.807, 2.05) is 13.8 Å². The number of carbonyl (C=O) groups excluding carboxylic acids is 2. The molecule has 2 fully saturated rings. The maximum absolute atomic E-state index is 12.6. The Bertz CT molecular complexity index is 367. The van der Waals surface area contributed by atoms with Crippen LogP contribution in [0.15, 0.2) is 0 Å². The van der Waals surface area contributed by atoms with Crippen LogP contribution in [0.4, 0.5) is 0 Å². The molecule has 2 amide bonds. The monoisotopic (exact) mass is 254 g/mol. The molecule has 1 heterocycles. The average molecular weight is 254 g/mol. The number of nitrogens with one attached hydrogen (secondary N) is 1. The highest BCUT2D eigenvalue weighted by Gasteiger charge is 2.54. The van der Waals surface area contributed by atoms with Crippen molar-refractivity contribution in [1.29, 1.82) is 0 Å². The number of amides is 2. The second kappa shape index (κ2) is 4.53. The van der Waals surface area contributed by atoms with Gasteiger partial charge in [-0.1, -0.05) is 0 Å². The van der Waals surface area contributed by atoms with E-state index in [-0.39, 0.29) is 17.9 Å². The van der Waals surface area contributed by atoms with Gasteiger partial charge in [-0.05, 0) is 39.5 Å². The molecule has 0 spiro atoms. The number of methoxy groups -OCH3 is 1. The van der Waals surface area contributed by atoms with Gasteiger partial charge in [0.2, 0.25) is 11.8 Å². The third-order valence-electron chi connectivity index (χ3n) is 4.18. The van der Waals surface area contributed by atoms with Crippen LogP contribution in [0.1, 0.15) is 33.6 Å². The van der Waals surface area contributed by atoms with Gasteiger partial charge >= 0.3 is 0 Å². The van der Waals surface area contributed by atoms with Gasteiger partial charge in [-0.15, -0.1) is 0 Å². The van der Waals surface area contributed by atoms with Crippen molar-refractivity contribution in [3.8, 4) is 0 Å². The van der Waals surface area contributed by atoms with Crippen molar-refractivity contribution < 1.29 is 14.3 Å². The molecular weight excluding hydrogens is 232 g/mol. The number of carbonyl (C=O) groups is 2. The minimum Gasteiger partial charge on any atom is -0.380 e. The van der Waals surface area contributed by atoms with Gasteiger partial charge in [-0.2, -0.15) is 0 Å². The molecule has 0 aromatic rings. The predicted molar refractivity (Wildman–Crippen MR) is 66.9 cm³/mol. The van der Waals surface area contributed by atoms with Gasteiger partial charge in [0.25, 0.3) is 0 Å². The zero-order valence-electron chi connectivity index (χ0n) is 11.5. The summed E-state index contributed by atoms with van der Waals surface area (Å²) < 4.78 is 5.20. The van der Waals surface area contributed by atoms with Crippen molar-refractivity contribution in [2.45, 2.75) is 51.3 Å². The van der Waals surface area contributed by atoms with Crippen LogP contribution in [0.3, 0.4) is 0 Å². The highest BCUT2D eigenvalue weighted by Crippen LogP contribution is 2.42. The topological polar surface area (TPSA) is 58.6 Å². The summed E-state index contributed by atoms with van der Waals surface area (Å²) in [4.78, 5) is 26.3. The van der Waals surface area contributed by atoms with Crippen molar-refractivity contribution in [3.05, 3.63) is 0 Å². The van der Waals surface area contributed by atoms with Gasteiger partial charge in [0, 0.05) is 13.7 Å². The Morgan fingerprint density at radius 1 is 1.50 bits per heavy atom. The summed E-state index contributed by atoms with van der Waals surface area (Å²) in [7, 11) is 1.61. The summed E-state index contributed by atoms with van der Waals surface area (Å²) in [5.41, 5.74) is -0.711. The van der Waals surface area contributed by atoms with Gasteiger partial charge in [0.15, 0.2) is 0 Å². The summed E-state index contributed by atoms with van der Waals surface area (Å²) in [6, 6.07) is -0.415. The lowest BCUT2D eigenvalue weighted by Crippen LogP contribution is -2.70. The highest BCUT2D eigenvalue weighted by molar-refractivity contribution is 5.99. The number of nitrogens with zero attached hydrogens (tertiary/aromatic N) is 1. The van der Waals surface area contributed by atoms with E-state index < -0.39 is 11.6 Å². The van der Waals surface area contributed by atoms with Crippen LogP contribution in [0, 0.1) is 5.92 Å². The fourth-order valence-electron chi connectivity index (χ4n) is 2.56. The van der Waals surface area contributed by atoms with E-state index in [2.05, 4.69) is 5.32 Å². The molecule has 1 saturated carbocycles. The molecule has 0 radical (unpaired) electrons. The first-order valence-electron chi connectivity index (χ1n) is 6.56. The van der Waals surface area contributed by atoms with Gasteiger partial charge < -0.3 is 15.0 Å². The SMILES string of the molecule is COC(C)CN1C(=O)C(C)(C2CC2)NC(=O)C1C. The van der Waals surface area contributed by atoms with E-state index in [9.17, 15) is 9.59 Å². The summed E-state index contributed by atoms with van der Waals surface area (Å²) in [5.74, 6) is 0.259. The van der Waals surface area contributed by atoms with E-state index in [4.69, 9.17) is 4.74 Å². The Labute approximate surface area is 108 Å². The molecule has 2 aliphatic rings. The lowest BCUT2D eigenvalue weighted by Gasteiger charge is -2.44.